The van der Waals surface area contributed by atoms with Crippen molar-refractivity contribution in [3.63, 3.8) is 0 Å². The van der Waals surface area contributed by atoms with E-state index in [0.29, 0.717) is 24.6 Å². The zero-order valence-corrected chi connectivity index (χ0v) is 12.0. The maximum absolute atomic E-state index is 12.2. The Kier molecular flexibility index (Phi) is 3.61. The standard InChI is InChI=1S/C11H17N5O2S/c1-4-15-7-6-11(13-15)14-19(17,18)10-8-12-16(5-2)9(10)3/h6-8H,4-5H2,1-3H3,(H,13,14). The van der Waals surface area contributed by atoms with Crippen molar-refractivity contribution in [1.82, 2.24) is 19.6 Å². The first-order valence-corrected chi connectivity index (χ1v) is 7.55. The molecular weight excluding hydrogens is 266 g/mol. The van der Waals surface area contributed by atoms with Crippen LogP contribution in [0.3, 0.4) is 0 Å². The number of nitrogens with zero attached hydrogens (tertiary/aromatic N) is 4. The maximum Gasteiger partial charge on any atom is 0.266 e. The lowest BCUT2D eigenvalue weighted by molar-refractivity contribution is 0.597. The van der Waals surface area contributed by atoms with Crippen molar-refractivity contribution in [2.24, 2.45) is 0 Å². The lowest BCUT2D eigenvalue weighted by Crippen LogP contribution is -2.14. The number of aromatic nitrogens is 4. The molecule has 0 aliphatic carbocycles. The van der Waals surface area contributed by atoms with Crippen LogP contribution in [0.5, 0.6) is 0 Å². The SMILES string of the molecule is CCn1ccc(NS(=O)(=O)c2cnn(CC)c2C)n1. The molecule has 0 aliphatic rings. The molecule has 0 spiro atoms. The number of sulfonamides is 1. The summed E-state index contributed by atoms with van der Waals surface area (Å²) in [5.74, 6) is 0.311. The molecule has 2 aromatic heterocycles. The molecule has 19 heavy (non-hydrogen) atoms. The fourth-order valence-corrected chi connectivity index (χ4v) is 2.97. The van der Waals surface area contributed by atoms with Crippen LogP contribution in [0.4, 0.5) is 5.82 Å². The molecule has 8 heteroatoms. The number of rotatable bonds is 5. The van der Waals surface area contributed by atoms with E-state index in [-0.39, 0.29) is 4.90 Å². The Balaban J connectivity index is 2.29. The number of nitrogens with one attached hydrogen (secondary N) is 1. The first kappa shape index (κ1) is 13.6. The van der Waals surface area contributed by atoms with E-state index in [4.69, 9.17) is 0 Å². The van der Waals surface area contributed by atoms with Crippen LogP contribution in [0.1, 0.15) is 19.5 Å². The van der Waals surface area contributed by atoms with Crippen LogP contribution in [0, 0.1) is 6.92 Å². The van der Waals surface area contributed by atoms with E-state index in [1.165, 1.54) is 6.20 Å². The Morgan fingerprint density at radius 3 is 2.58 bits per heavy atom. The van der Waals surface area contributed by atoms with Crippen LogP contribution in [0.15, 0.2) is 23.4 Å². The lowest BCUT2D eigenvalue weighted by atomic mass is 10.5. The molecule has 0 bridgehead atoms. The summed E-state index contributed by atoms with van der Waals surface area (Å²) in [6.45, 7) is 6.89. The van der Waals surface area contributed by atoms with Crippen molar-refractivity contribution in [2.75, 3.05) is 4.72 Å². The monoisotopic (exact) mass is 283 g/mol. The van der Waals surface area contributed by atoms with Crippen LogP contribution in [-0.2, 0) is 23.1 Å². The molecule has 0 aromatic carbocycles. The summed E-state index contributed by atoms with van der Waals surface area (Å²) in [7, 11) is -3.64. The second kappa shape index (κ2) is 5.04. The Morgan fingerprint density at radius 2 is 2.05 bits per heavy atom. The minimum Gasteiger partial charge on any atom is -0.271 e. The van der Waals surface area contributed by atoms with Gasteiger partial charge in [-0.3, -0.25) is 14.1 Å². The van der Waals surface area contributed by atoms with Crippen molar-refractivity contribution in [2.45, 2.75) is 38.8 Å². The topological polar surface area (TPSA) is 81.8 Å². The Hall–Kier alpha value is -1.83. The average molecular weight is 283 g/mol. The molecule has 0 saturated carbocycles. The second-order valence-corrected chi connectivity index (χ2v) is 5.72. The van der Waals surface area contributed by atoms with Gasteiger partial charge in [0.2, 0.25) is 0 Å². The molecule has 2 aromatic rings. The largest absolute Gasteiger partial charge is 0.271 e. The van der Waals surface area contributed by atoms with Gasteiger partial charge in [-0.1, -0.05) is 0 Å². The van der Waals surface area contributed by atoms with Crippen molar-refractivity contribution >= 4 is 15.8 Å². The highest BCUT2D eigenvalue weighted by atomic mass is 32.2. The zero-order valence-electron chi connectivity index (χ0n) is 11.2. The summed E-state index contributed by atoms with van der Waals surface area (Å²) in [6, 6.07) is 1.63. The molecule has 2 rings (SSSR count). The zero-order chi connectivity index (χ0) is 14.0. The summed E-state index contributed by atoms with van der Waals surface area (Å²) in [4.78, 5) is 0.181. The Labute approximate surface area is 112 Å². The molecule has 0 aliphatic heterocycles. The minimum absolute atomic E-state index is 0.181. The third kappa shape index (κ3) is 2.62. The Bertz CT molecular complexity index is 671. The van der Waals surface area contributed by atoms with Crippen LogP contribution in [0.2, 0.25) is 0 Å². The molecule has 0 amide bonds. The van der Waals surface area contributed by atoms with Gasteiger partial charge in [-0.05, 0) is 20.8 Å². The first-order valence-electron chi connectivity index (χ1n) is 6.06. The van der Waals surface area contributed by atoms with Gasteiger partial charge in [-0.25, -0.2) is 8.42 Å². The van der Waals surface area contributed by atoms with Gasteiger partial charge in [-0.2, -0.15) is 10.2 Å². The predicted molar refractivity (Wildman–Crippen MR) is 71.3 cm³/mol. The van der Waals surface area contributed by atoms with Gasteiger partial charge in [-0.15, -0.1) is 0 Å². The summed E-state index contributed by atoms with van der Waals surface area (Å²) in [6.07, 6.45) is 3.08. The molecule has 0 atom stereocenters. The number of aryl methyl sites for hydroxylation is 2. The van der Waals surface area contributed by atoms with Gasteiger partial charge in [0.1, 0.15) is 4.90 Å². The lowest BCUT2D eigenvalue weighted by Gasteiger charge is -2.05. The van der Waals surface area contributed by atoms with Gasteiger partial charge in [0.15, 0.2) is 5.82 Å². The van der Waals surface area contributed by atoms with Gasteiger partial charge >= 0.3 is 0 Å². The van der Waals surface area contributed by atoms with Gasteiger partial charge in [0.05, 0.1) is 11.9 Å². The average Bonchev–Trinajstić information content (AvgIpc) is 2.95. The molecule has 1 N–H and O–H groups in total. The second-order valence-electron chi connectivity index (χ2n) is 4.07. The molecule has 0 unspecified atom stereocenters. The molecule has 0 radical (unpaired) electrons. The normalized spacial score (nSPS) is 11.7. The van der Waals surface area contributed by atoms with E-state index in [1.54, 1.807) is 28.6 Å². The maximum atomic E-state index is 12.2. The van der Waals surface area contributed by atoms with Crippen molar-refractivity contribution in [1.29, 1.82) is 0 Å². The fourth-order valence-electron chi connectivity index (χ4n) is 1.80. The number of anilines is 1. The van der Waals surface area contributed by atoms with Crippen molar-refractivity contribution < 1.29 is 8.42 Å². The Morgan fingerprint density at radius 1 is 1.32 bits per heavy atom. The van der Waals surface area contributed by atoms with Crippen LogP contribution < -0.4 is 4.72 Å². The van der Waals surface area contributed by atoms with E-state index in [9.17, 15) is 8.42 Å². The summed E-state index contributed by atoms with van der Waals surface area (Å²) in [5.41, 5.74) is 0.616. The summed E-state index contributed by atoms with van der Waals surface area (Å²) in [5, 5.41) is 8.13. The molecular formula is C11H17N5O2S. The van der Waals surface area contributed by atoms with E-state index in [0.717, 1.165) is 0 Å². The molecule has 104 valence electrons. The van der Waals surface area contributed by atoms with Gasteiger partial charge in [0, 0.05) is 25.4 Å². The van der Waals surface area contributed by atoms with Crippen LogP contribution in [-0.4, -0.2) is 28.0 Å². The minimum atomic E-state index is -3.64. The van der Waals surface area contributed by atoms with E-state index < -0.39 is 10.0 Å². The molecule has 0 saturated heterocycles. The number of hydrogen-bond donors (Lipinski definition) is 1. The van der Waals surface area contributed by atoms with Crippen molar-refractivity contribution in [3.8, 4) is 0 Å². The summed E-state index contributed by atoms with van der Waals surface area (Å²) >= 11 is 0. The van der Waals surface area contributed by atoms with Crippen molar-refractivity contribution in [3.05, 3.63) is 24.2 Å². The molecule has 7 nitrogen and oxygen atoms in total. The highest BCUT2D eigenvalue weighted by Gasteiger charge is 2.21. The molecule has 2 heterocycles. The van der Waals surface area contributed by atoms with Gasteiger partial charge in [0.25, 0.3) is 10.0 Å². The predicted octanol–water partition coefficient (Wildman–Crippen LogP) is 1.23. The van der Waals surface area contributed by atoms with Crippen LogP contribution in [0.25, 0.3) is 0 Å². The van der Waals surface area contributed by atoms with E-state index in [1.807, 2.05) is 13.8 Å². The smallest absolute Gasteiger partial charge is 0.266 e. The fraction of sp³-hybridized carbons (Fsp3) is 0.455. The third-order valence-electron chi connectivity index (χ3n) is 2.85. The van der Waals surface area contributed by atoms with Crippen LogP contribution >= 0.6 is 0 Å². The van der Waals surface area contributed by atoms with E-state index >= 15 is 0 Å². The molecule has 0 fully saturated rings. The third-order valence-corrected chi connectivity index (χ3v) is 4.31. The highest BCUT2D eigenvalue weighted by Crippen LogP contribution is 2.17. The van der Waals surface area contributed by atoms with Gasteiger partial charge < -0.3 is 0 Å². The summed E-state index contributed by atoms with van der Waals surface area (Å²) < 4.78 is 30.2. The highest BCUT2D eigenvalue weighted by molar-refractivity contribution is 7.92. The number of hydrogen-bond acceptors (Lipinski definition) is 4. The first-order chi connectivity index (χ1) is 8.97. The van der Waals surface area contributed by atoms with E-state index in [2.05, 4.69) is 14.9 Å². The quantitative estimate of drug-likeness (QED) is 0.894.